The van der Waals surface area contributed by atoms with Crippen LogP contribution in [-0.2, 0) is 0 Å². The fourth-order valence-corrected chi connectivity index (χ4v) is 2.47. The van der Waals surface area contributed by atoms with E-state index in [0.717, 1.165) is 27.8 Å². The van der Waals surface area contributed by atoms with Crippen LogP contribution in [0.25, 0.3) is 10.8 Å². The highest BCUT2D eigenvalue weighted by atomic mass is 35.5. The van der Waals surface area contributed by atoms with Crippen molar-refractivity contribution in [2.45, 2.75) is 6.92 Å². The number of rotatable bonds is 2. The SMILES string of the molecule is Cc1cc(N)ccc1Oc1ccc2ccccc2c1Cl. The molecular weight excluding hydrogens is 270 g/mol. The van der Waals surface area contributed by atoms with E-state index in [1.165, 1.54) is 0 Å². The predicted octanol–water partition coefficient (Wildman–Crippen LogP) is 5.18. The normalized spacial score (nSPS) is 10.7. The lowest BCUT2D eigenvalue weighted by Crippen LogP contribution is -1.91. The monoisotopic (exact) mass is 283 g/mol. The summed E-state index contributed by atoms with van der Waals surface area (Å²) in [6, 6.07) is 17.4. The molecule has 3 heteroatoms. The molecule has 0 radical (unpaired) electrons. The topological polar surface area (TPSA) is 35.2 Å². The first-order valence-electron chi connectivity index (χ1n) is 6.36. The third-order valence-electron chi connectivity index (χ3n) is 3.25. The molecule has 0 fully saturated rings. The van der Waals surface area contributed by atoms with Gasteiger partial charge in [-0.2, -0.15) is 0 Å². The van der Waals surface area contributed by atoms with Gasteiger partial charge in [0.25, 0.3) is 0 Å². The Hall–Kier alpha value is -2.19. The van der Waals surface area contributed by atoms with Crippen molar-refractivity contribution in [3.05, 3.63) is 65.2 Å². The van der Waals surface area contributed by atoms with Crippen molar-refractivity contribution in [2.75, 3.05) is 5.73 Å². The van der Waals surface area contributed by atoms with Crippen molar-refractivity contribution < 1.29 is 4.74 Å². The second kappa shape index (κ2) is 5.06. The van der Waals surface area contributed by atoms with E-state index in [2.05, 4.69) is 0 Å². The van der Waals surface area contributed by atoms with Crippen molar-refractivity contribution in [1.29, 1.82) is 0 Å². The van der Waals surface area contributed by atoms with Crippen LogP contribution in [0.15, 0.2) is 54.6 Å². The van der Waals surface area contributed by atoms with Crippen LogP contribution in [-0.4, -0.2) is 0 Å². The van der Waals surface area contributed by atoms with Crippen LogP contribution in [0.1, 0.15) is 5.56 Å². The maximum Gasteiger partial charge on any atom is 0.146 e. The van der Waals surface area contributed by atoms with E-state index in [1.807, 2.05) is 61.5 Å². The number of aryl methyl sites for hydroxylation is 1. The molecule has 0 unspecified atom stereocenters. The van der Waals surface area contributed by atoms with E-state index in [9.17, 15) is 0 Å². The van der Waals surface area contributed by atoms with Gasteiger partial charge in [0.05, 0.1) is 5.02 Å². The highest BCUT2D eigenvalue weighted by molar-refractivity contribution is 6.37. The second-order valence-electron chi connectivity index (χ2n) is 4.73. The average Bonchev–Trinajstić information content (AvgIpc) is 2.45. The molecular formula is C17H14ClNO. The number of hydrogen-bond donors (Lipinski definition) is 1. The summed E-state index contributed by atoms with van der Waals surface area (Å²) in [5.41, 5.74) is 7.45. The molecule has 0 heterocycles. The lowest BCUT2D eigenvalue weighted by atomic mass is 10.1. The van der Waals surface area contributed by atoms with Crippen molar-refractivity contribution in [3.8, 4) is 11.5 Å². The van der Waals surface area contributed by atoms with Gasteiger partial charge in [-0.25, -0.2) is 0 Å². The quantitative estimate of drug-likeness (QED) is 0.658. The summed E-state index contributed by atoms with van der Waals surface area (Å²) in [5.74, 6) is 1.41. The number of benzene rings is 3. The minimum absolute atomic E-state index is 0.624. The van der Waals surface area contributed by atoms with Gasteiger partial charge in [-0.1, -0.05) is 41.9 Å². The molecule has 3 aromatic carbocycles. The molecule has 3 aromatic rings. The largest absolute Gasteiger partial charge is 0.456 e. The third kappa shape index (κ3) is 2.30. The summed E-state index contributed by atoms with van der Waals surface area (Å²) in [6.07, 6.45) is 0. The predicted molar refractivity (Wildman–Crippen MR) is 84.6 cm³/mol. The first-order valence-corrected chi connectivity index (χ1v) is 6.74. The van der Waals surface area contributed by atoms with E-state index in [0.29, 0.717) is 10.8 Å². The molecule has 0 saturated carbocycles. The van der Waals surface area contributed by atoms with Crippen LogP contribution in [0.5, 0.6) is 11.5 Å². The number of anilines is 1. The Morgan fingerprint density at radius 2 is 1.70 bits per heavy atom. The lowest BCUT2D eigenvalue weighted by Gasteiger charge is -2.12. The van der Waals surface area contributed by atoms with Gasteiger partial charge < -0.3 is 10.5 Å². The molecule has 2 nitrogen and oxygen atoms in total. The number of ether oxygens (including phenoxy) is 1. The molecule has 0 saturated heterocycles. The molecule has 0 aromatic heterocycles. The van der Waals surface area contributed by atoms with Crippen LogP contribution < -0.4 is 10.5 Å². The zero-order valence-corrected chi connectivity index (χ0v) is 11.8. The Morgan fingerprint density at radius 1 is 0.950 bits per heavy atom. The average molecular weight is 284 g/mol. The minimum atomic E-state index is 0.624. The van der Waals surface area contributed by atoms with E-state index in [4.69, 9.17) is 22.1 Å². The zero-order chi connectivity index (χ0) is 14.1. The second-order valence-corrected chi connectivity index (χ2v) is 5.10. The summed E-state index contributed by atoms with van der Waals surface area (Å²) in [5, 5.41) is 2.71. The number of nitrogens with two attached hydrogens (primary N) is 1. The molecule has 100 valence electrons. The number of fused-ring (bicyclic) bond motifs is 1. The Morgan fingerprint density at radius 3 is 2.50 bits per heavy atom. The molecule has 0 spiro atoms. The maximum atomic E-state index is 6.43. The zero-order valence-electron chi connectivity index (χ0n) is 11.1. The van der Waals surface area contributed by atoms with Gasteiger partial charge in [0, 0.05) is 11.1 Å². The van der Waals surface area contributed by atoms with Gasteiger partial charge in [0.2, 0.25) is 0 Å². The standard InChI is InChI=1S/C17H14ClNO/c1-11-10-13(19)7-9-15(11)20-16-8-6-12-4-2-3-5-14(12)17(16)18/h2-10H,19H2,1H3. The van der Waals surface area contributed by atoms with E-state index in [-0.39, 0.29) is 0 Å². The van der Waals surface area contributed by atoms with Gasteiger partial charge >= 0.3 is 0 Å². The first kappa shape index (κ1) is 12.8. The van der Waals surface area contributed by atoms with Gasteiger partial charge in [0.1, 0.15) is 11.5 Å². The smallest absolute Gasteiger partial charge is 0.146 e. The number of halogens is 1. The molecule has 0 aliphatic rings. The molecule has 0 amide bonds. The maximum absolute atomic E-state index is 6.43. The fourth-order valence-electron chi connectivity index (χ4n) is 2.20. The third-order valence-corrected chi connectivity index (χ3v) is 3.64. The van der Waals surface area contributed by atoms with E-state index < -0.39 is 0 Å². The fraction of sp³-hybridized carbons (Fsp3) is 0.0588. The van der Waals surface area contributed by atoms with Crippen molar-refractivity contribution in [3.63, 3.8) is 0 Å². The minimum Gasteiger partial charge on any atom is -0.456 e. The van der Waals surface area contributed by atoms with Crippen molar-refractivity contribution >= 4 is 28.1 Å². The van der Waals surface area contributed by atoms with Crippen molar-refractivity contribution in [2.24, 2.45) is 0 Å². The van der Waals surface area contributed by atoms with E-state index >= 15 is 0 Å². The first-order chi connectivity index (χ1) is 9.65. The summed E-state index contributed by atoms with van der Waals surface area (Å²) in [4.78, 5) is 0. The number of hydrogen-bond acceptors (Lipinski definition) is 2. The Balaban J connectivity index is 2.04. The summed E-state index contributed by atoms with van der Waals surface area (Å²) >= 11 is 6.43. The summed E-state index contributed by atoms with van der Waals surface area (Å²) in [6.45, 7) is 1.96. The molecule has 0 atom stereocenters. The molecule has 20 heavy (non-hydrogen) atoms. The van der Waals surface area contributed by atoms with Crippen LogP contribution in [0, 0.1) is 6.92 Å². The Kier molecular flexibility index (Phi) is 3.25. The molecule has 3 rings (SSSR count). The van der Waals surface area contributed by atoms with Gasteiger partial charge in [-0.05, 0) is 42.1 Å². The summed E-state index contributed by atoms with van der Waals surface area (Å²) in [7, 11) is 0. The summed E-state index contributed by atoms with van der Waals surface area (Å²) < 4.78 is 5.92. The van der Waals surface area contributed by atoms with Crippen LogP contribution in [0.4, 0.5) is 5.69 Å². The van der Waals surface area contributed by atoms with Gasteiger partial charge in [-0.15, -0.1) is 0 Å². The van der Waals surface area contributed by atoms with Crippen LogP contribution >= 0.6 is 11.6 Å². The van der Waals surface area contributed by atoms with Gasteiger partial charge in [0.15, 0.2) is 0 Å². The molecule has 0 bridgehead atoms. The van der Waals surface area contributed by atoms with Crippen LogP contribution in [0.3, 0.4) is 0 Å². The van der Waals surface area contributed by atoms with Crippen LogP contribution in [0.2, 0.25) is 5.02 Å². The van der Waals surface area contributed by atoms with E-state index in [1.54, 1.807) is 0 Å². The lowest BCUT2D eigenvalue weighted by molar-refractivity contribution is 0.480. The Bertz CT molecular complexity index is 783. The highest BCUT2D eigenvalue weighted by Gasteiger charge is 2.09. The molecule has 2 N–H and O–H groups in total. The number of nitrogen functional groups attached to an aromatic ring is 1. The molecule has 0 aliphatic carbocycles. The molecule has 0 aliphatic heterocycles. The van der Waals surface area contributed by atoms with Gasteiger partial charge in [-0.3, -0.25) is 0 Å². The highest BCUT2D eigenvalue weighted by Crippen LogP contribution is 2.36. The Labute approximate surface area is 122 Å². The van der Waals surface area contributed by atoms with Crippen molar-refractivity contribution in [1.82, 2.24) is 0 Å².